The maximum Gasteiger partial charge on any atom is 0.410 e. The van der Waals surface area contributed by atoms with Crippen LogP contribution in [0, 0.1) is 5.92 Å². The normalized spacial score (nSPS) is 27.5. The number of azide groups is 3. The lowest BCUT2D eigenvalue weighted by Crippen LogP contribution is -2.59. The summed E-state index contributed by atoms with van der Waals surface area (Å²) in [4.78, 5) is 35.8. The Kier molecular flexibility index (Phi) is 12.7. The Balaban J connectivity index is 1.58. The molecule has 2 aliphatic rings. The lowest BCUT2D eigenvalue weighted by molar-refractivity contribution is -0.183. The monoisotopic (exact) mass is 646 g/mol. The minimum absolute atomic E-state index is 0.0510. The van der Waals surface area contributed by atoms with Crippen molar-refractivity contribution in [2.75, 3.05) is 0 Å². The van der Waals surface area contributed by atoms with Gasteiger partial charge in [0.15, 0.2) is 0 Å². The predicted octanol–water partition coefficient (Wildman–Crippen LogP) is 6.50. The summed E-state index contributed by atoms with van der Waals surface area (Å²) in [5.41, 5.74) is 29.4. The van der Waals surface area contributed by atoms with Gasteiger partial charge in [0.05, 0.1) is 30.3 Å². The Morgan fingerprint density at radius 2 is 1.45 bits per heavy atom. The summed E-state index contributed by atoms with van der Waals surface area (Å²) in [7, 11) is 0. The molecule has 16 heteroatoms. The van der Waals surface area contributed by atoms with Crippen molar-refractivity contribution >= 4 is 12.1 Å². The maximum absolute atomic E-state index is 13.6. The van der Waals surface area contributed by atoms with E-state index in [1.807, 2.05) is 67.6 Å². The molecule has 0 radical (unpaired) electrons. The number of nitrogens with zero attached hydrogens (tertiary/aromatic N) is 10. The Bertz CT molecular complexity index is 1500. The summed E-state index contributed by atoms with van der Waals surface area (Å²) >= 11 is 0. The average molecular weight is 647 g/mol. The molecule has 1 N–H and O–H groups in total. The summed E-state index contributed by atoms with van der Waals surface area (Å²) in [6, 6.07) is 16.0. The van der Waals surface area contributed by atoms with Gasteiger partial charge in [-0.25, -0.2) is 4.79 Å². The third-order valence-electron chi connectivity index (χ3n) is 8.76. The Morgan fingerprint density at radius 1 is 0.872 bits per heavy atom. The molecule has 16 nitrogen and oxygen atoms in total. The molecule has 0 unspecified atom stereocenters. The van der Waals surface area contributed by atoms with Crippen LogP contribution < -0.4 is 0 Å². The number of benzene rings is 2. The largest absolute Gasteiger partial charge is 0.459 e. The molecule has 248 valence electrons. The number of aliphatic hydroxyl groups excluding tert-OH is 1. The van der Waals surface area contributed by atoms with E-state index in [0.717, 1.165) is 18.1 Å². The number of hydrogen-bond acceptors (Lipinski definition) is 9. The van der Waals surface area contributed by atoms with Gasteiger partial charge in [-0.2, -0.15) is 0 Å². The van der Waals surface area contributed by atoms with E-state index in [-0.39, 0.29) is 25.0 Å². The molecular weight excluding hydrogens is 608 g/mol. The van der Waals surface area contributed by atoms with Crippen molar-refractivity contribution in [1.29, 1.82) is 0 Å². The van der Waals surface area contributed by atoms with Crippen molar-refractivity contribution in [3.05, 3.63) is 103 Å². The lowest BCUT2D eigenvalue weighted by atomic mass is 9.79. The zero-order chi connectivity index (χ0) is 33.8. The molecule has 47 heavy (non-hydrogen) atoms. The van der Waals surface area contributed by atoms with Crippen LogP contribution in [0.25, 0.3) is 31.3 Å². The molecule has 0 spiro atoms. The number of rotatable bonds is 12. The number of amides is 1. The molecule has 9 atom stereocenters. The summed E-state index contributed by atoms with van der Waals surface area (Å²) in [6.45, 7) is 3.49. The highest BCUT2D eigenvalue weighted by atomic mass is 16.6. The van der Waals surface area contributed by atoms with Crippen LogP contribution in [0.15, 0.2) is 76.0 Å². The SMILES string of the molecule is CC(=O)O[C@@H]1[C@@H](O)[C@H](O[C@H]2C[C@H]([C@@H](C)N(Cc3ccccc3)C(=O)OCc3ccccc3)CC[C@H]2N=[N+]=[N-])[C@@H](N=[N+]=[N-])C[C@H]1N=[N+]=[N-]. The smallest absolute Gasteiger partial charge is 0.410 e. The van der Waals surface area contributed by atoms with Gasteiger partial charge in [-0.1, -0.05) is 76.0 Å². The van der Waals surface area contributed by atoms with E-state index in [9.17, 15) is 25.8 Å². The molecule has 2 aromatic carbocycles. The Morgan fingerprint density at radius 3 is 2.04 bits per heavy atom. The van der Waals surface area contributed by atoms with Crippen molar-refractivity contribution in [2.45, 2.75) is 101 Å². The van der Waals surface area contributed by atoms with E-state index >= 15 is 0 Å². The topological polar surface area (TPSA) is 232 Å². The molecule has 1 amide bonds. The fraction of sp³-hybridized carbons (Fsp3) is 0.548. The Hall–Kier alpha value is -4.97. The van der Waals surface area contributed by atoms with E-state index in [1.165, 1.54) is 0 Å². The molecule has 2 aromatic rings. The van der Waals surface area contributed by atoms with Gasteiger partial charge in [-0.05, 0) is 66.2 Å². The Labute approximate surface area is 271 Å². The highest BCUT2D eigenvalue weighted by Gasteiger charge is 2.48. The van der Waals surface area contributed by atoms with Crippen molar-refractivity contribution in [3.63, 3.8) is 0 Å². The van der Waals surface area contributed by atoms with E-state index in [2.05, 4.69) is 30.1 Å². The van der Waals surface area contributed by atoms with Crippen LogP contribution >= 0.6 is 0 Å². The van der Waals surface area contributed by atoms with E-state index < -0.39 is 54.6 Å². The quantitative estimate of drug-likeness (QED) is 0.117. The lowest BCUT2D eigenvalue weighted by Gasteiger charge is -2.45. The number of aliphatic hydroxyl groups is 1. The molecule has 2 aliphatic carbocycles. The van der Waals surface area contributed by atoms with Gasteiger partial charge in [-0.3, -0.25) is 4.79 Å². The van der Waals surface area contributed by atoms with Crippen molar-refractivity contribution in [1.82, 2.24) is 4.90 Å². The summed E-state index contributed by atoms with van der Waals surface area (Å²) in [6.07, 6.45) is -3.89. The van der Waals surface area contributed by atoms with Gasteiger partial charge in [0.25, 0.3) is 0 Å². The van der Waals surface area contributed by atoms with Crippen LogP contribution in [-0.4, -0.2) is 70.7 Å². The average Bonchev–Trinajstić information content (AvgIpc) is 3.07. The van der Waals surface area contributed by atoms with E-state index in [1.54, 1.807) is 4.90 Å². The van der Waals surface area contributed by atoms with Crippen molar-refractivity contribution < 1.29 is 28.9 Å². The number of esters is 1. The van der Waals surface area contributed by atoms with Crippen LogP contribution in [0.2, 0.25) is 0 Å². The number of carbonyl (C=O) groups is 2. The third-order valence-corrected chi connectivity index (χ3v) is 8.76. The minimum Gasteiger partial charge on any atom is -0.459 e. The second-order valence-corrected chi connectivity index (χ2v) is 11.7. The van der Waals surface area contributed by atoms with Gasteiger partial charge >= 0.3 is 12.1 Å². The van der Waals surface area contributed by atoms with Gasteiger partial charge in [0, 0.05) is 34.2 Å². The number of hydrogen-bond donors (Lipinski definition) is 1. The van der Waals surface area contributed by atoms with Crippen LogP contribution in [0.1, 0.15) is 50.7 Å². The molecule has 2 saturated carbocycles. The highest BCUT2D eigenvalue weighted by molar-refractivity contribution is 5.68. The first kappa shape index (κ1) is 34.9. The van der Waals surface area contributed by atoms with Crippen molar-refractivity contribution in [3.8, 4) is 0 Å². The number of carbonyl (C=O) groups excluding carboxylic acids is 2. The zero-order valence-corrected chi connectivity index (χ0v) is 26.2. The highest BCUT2D eigenvalue weighted by Crippen LogP contribution is 2.37. The molecule has 0 aromatic heterocycles. The number of ether oxygens (including phenoxy) is 3. The minimum atomic E-state index is -1.52. The molecule has 0 saturated heterocycles. The van der Waals surface area contributed by atoms with Gasteiger partial charge in [0.2, 0.25) is 0 Å². The first-order valence-electron chi connectivity index (χ1n) is 15.4. The molecule has 0 bridgehead atoms. The molecule has 4 rings (SSSR count). The molecule has 0 heterocycles. The van der Waals surface area contributed by atoms with E-state index in [4.69, 9.17) is 19.7 Å². The fourth-order valence-electron chi connectivity index (χ4n) is 6.37. The second-order valence-electron chi connectivity index (χ2n) is 11.7. The summed E-state index contributed by atoms with van der Waals surface area (Å²) < 4.78 is 17.5. The van der Waals surface area contributed by atoms with E-state index in [0.29, 0.717) is 25.8 Å². The fourth-order valence-corrected chi connectivity index (χ4v) is 6.37. The standard InChI is InChI=1S/C31H38N10O6/c1-19(41(17-21-9-5-3-6-10-21)31(44)45-18-22-11-7-4-8-12-22)23-13-14-24(35-38-32)27(15-23)47-30-26(37-40-34)16-25(36-39-33)29(28(30)43)46-20(2)42/h3-12,19,23-30,43H,13-18H2,1-2H3/t19-,23-,24-,25-,26+,27+,28-,29+,30-/m1/s1. The predicted molar refractivity (Wildman–Crippen MR) is 169 cm³/mol. The van der Waals surface area contributed by atoms with Crippen LogP contribution in [0.5, 0.6) is 0 Å². The molecule has 0 aliphatic heterocycles. The molecule has 2 fully saturated rings. The van der Waals surface area contributed by atoms with Gasteiger partial charge < -0.3 is 24.2 Å². The van der Waals surface area contributed by atoms with Gasteiger partial charge in [0.1, 0.15) is 18.8 Å². The van der Waals surface area contributed by atoms with Gasteiger partial charge in [-0.15, -0.1) is 0 Å². The van der Waals surface area contributed by atoms with Crippen LogP contribution in [-0.2, 0) is 32.2 Å². The second kappa shape index (κ2) is 17.1. The first-order valence-corrected chi connectivity index (χ1v) is 15.4. The van der Waals surface area contributed by atoms with Crippen molar-refractivity contribution in [2.24, 2.45) is 21.3 Å². The summed E-state index contributed by atoms with van der Waals surface area (Å²) in [5.74, 6) is -0.846. The zero-order valence-electron chi connectivity index (χ0n) is 26.2. The third kappa shape index (κ3) is 9.29. The maximum atomic E-state index is 13.6. The van der Waals surface area contributed by atoms with Crippen LogP contribution in [0.3, 0.4) is 0 Å². The molecular formula is C31H38N10O6. The van der Waals surface area contributed by atoms with Crippen LogP contribution in [0.4, 0.5) is 4.79 Å². The first-order chi connectivity index (χ1) is 22.7. The summed E-state index contributed by atoms with van der Waals surface area (Å²) in [5, 5.41) is 22.7.